The lowest BCUT2D eigenvalue weighted by molar-refractivity contribution is 0.0999. The van der Waals surface area contributed by atoms with Crippen LogP contribution in [0.5, 0.6) is 5.75 Å². The van der Waals surface area contributed by atoms with Gasteiger partial charge in [0.2, 0.25) is 5.91 Å². The van der Waals surface area contributed by atoms with Crippen molar-refractivity contribution in [3.05, 3.63) is 52.5 Å². The minimum Gasteiger partial charge on any atom is -0.493 e. The van der Waals surface area contributed by atoms with E-state index >= 15 is 0 Å². The van der Waals surface area contributed by atoms with Crippen molar-refractivity contribution in [2.75, 3.05) is 6.61 Å². The Hall–Kier alpha value is -1.81. The molecule has 0 atom stereocenters. The molecule has 0 bridgehead atoms. The van der Waals surface area contributed by atoms with Crippen molar-refractivity contribution in [2.24, 2.45) is 5.73 Å². The van der Waals surface area contributed by atoms with Gasteiger partial charge >= 0.3 is 0 Å². The second-order valence-corrected chi connectivity index (χ2v) is 4.84. The minimum absolute atomic E-state index is 0.456. The third kappa shape index (κ3) is 2.96. The first-order valence-electron chi connectivity index (χ1n) is 5.95. The van der Waals surface area contributed by atoms with Crippen molar-refractivity contribution in [1.82, 2.24) is 0 Å². The fraction of sp³-hybridized carbons (Fsp3) is 0.133. The SMILES string of the molecule is CCOc1ccccc1-c1ccc(Br)c(C(N)=O)c1. The molecule has 2 aromatic carbocycles. The molecule has 0 aliphatic heterocycles. The van der Waals surface area contributed by atoms with Crippen molar-refractivity contribution in [3.8, 4) is 16.9 Å². The van der Waals surface area contributed by atoms with Crippen LogP contribution in [-0.2, 0) is 0 Å². The van der Waals surface area contributed by atoms with Gasteiger partial charge in [0.25, 0.3) is 0 Å². The predicted octanol–water partition coefficient (Wildman–Crippen LogP) is 3.61. The van der Waals surface area contributed by atoms with Crippen LogP contribution in [0.4, 0.5) is 0 Å². The summed E-state index contributed by atoms with van der Waals surface area (Å²) in [5.41, 5.74) is 7.67. The van der Waals surface area contributed by atoms with E-state index in [1.807, 2.05) is 43.3 Å². The topological polar surface area (TPSA) is 52.3 Å². The Morgan fingerprint density at radius 3 is 2.68 bits per heavy atom. The smallest absolute Gasteiger partial charge is 0.249 e. The highest BCUT2D eigenvalue weighted by Gasteiger charge is 2.11. The minimum atomic E-state index is -0.456. The van der Waals surface area contributed by atoms with E-state index < -0.39 is 5.91 Å². The highest BCUT2D eigenvalue weighted by Crippen LogP contribution is 2.32. The molecule has 19 heavy (non-hydrogen) atoms. The third-order valence-electron chi connectivity index (χ3n) is 2.73. The molecule has 0 spiro atoms. The second kappa shape index (κ2) is 5.89. The average molecular weight is 320 g/mol. The maximum atomic E-state index is 11.4. The van der Waals surface area contributed by atoms with Crippen LogP contribution in [0.3, 0.4) is 0 Å². The number of para-hydroxylation sites is 1. The third-order valence-corrected chi connectivity index (χ3v) is 3.42. The number of carbonyl (C=O) groups is 1. The van der Waals surface area contributed by atoms with E-state index in [0.717, 1.165) is 16.9 Å². The summed E-state index contributed by atoms with van der Waals surface area (Å²) in [6.07, 6.45) is 0. The number of nitrogens with two attached hydrogens (primary N) is 1. The molecule has 2 rings (SSSR count). The Kier molecular flexibility index (Phi) is 4.22. The lowest BCUT2D eigenvalue weighted by Crippen LogP contribution is -2.11. The van der Waals surface area contributed by atoms with Crippen LogP contribution in [-0.4, -0.2) is 12.5 Å². The van der Waals surface area contributed by atoms with Crippen LogP contribution >= 0.6 is 15.9 Å². The van der Waals surface area contributed by atoms with Crippen LogP contribution in [0.1, 0.15) is 17.3 Å². The summed E-state index contributed by atoms with van der Waals surface area (Å²) in [5, 5.41) is 0. The van der Waals surface area contributed by atoms with Crippen LogP contribution in [0.25, 0.3) is 11.1 Å². The van der Waals surface area contributed by atoms with Crippen LogP contribution in [0.2, 0.25) is 0 Å². The number of hydrogen-bond acceptors (Lipinski definition) is 2. The summed E-state index contributed by atoms with van der Waals surface area (Å²) >= 11 is 3.32. The van der Waals surface area contributed by atoms with Crippen molar-refractivity contribution < 1.29 is 9.53 Å². The predicted molar refractivity (Wildman–Crippen MR) is 79.3 cm³/mol. The summed E-state index contributed by atoms with van der Waals surface area (Å²) in [5.74, 6) is 0.338. The number of halogens is 1. The normalized spacial score (nSPS) is 10.2. The number of rotatable bonds is 4. The van der Waals surface area contributed by atoms with Crippen molar-refractivity contribution in [1.29, 1.82) is 0 Å². The first-order chi connectivity index (χ1) is 9.13. The van der Waals surface area contributed by atoms with E-state index in [-0.39, 0.29) is 0 Å². The molecule has 0 aromatic heterocycles. The van der Waals surface area contributed by atoms with Gasteiger partial charge in [-0.25, -0.2) is 0 Å². The van der Waals surface area contributed by atoms with E-state index in [0.29, 0.717) is 16.6 Å². The van der Waals surface area contributed by atoms with Gasteiger partial charge in [-0.3, -0.25) is 4.79 Å². The quantitative estimate of drug-likeness (QED) is 0.935. The Bertz CT molecular complexity index is 611. The van der Waals surface area contributed by atoms with Crippen molar-refractivity contribution >= 4 is 21.8 Å². The van der Waals surface area contributed by atoms with Gasteiger partial charge in [0.15, 0.2) is 0 Å². The molecule has 98 valence electrons. The highest BCUT2D eigenvalue weighted by atomic mass is 79.9. The molecule has 0 saturated carbocycles. The van der Waals surface area contributed by atoms with Crippen molar-refractivity contribution in [2.45, 2.75) is 6.92 Å². The Labute approximate surface area is 120 Å². The number of hydrogen-bond donors (Lipinski definition) is 1. The van der Waals surface area contributed by atoms with Gasteiger partial charge in [-0.05, 0) is 46.6 Å². The zero-order valence-electron chi connectivity index (χ0n) is 10.5. The maximum absolute atomic E-state index is 11.4. The molecule has 4 heteroatoms. The van der Waals surface area contributed by atoms with Gasteiger partial charge in [0, 0.05) is 10.0 Å². The molecule has 3 nitrogen and oxygen atoms in total. The summed E-state index contributed by atoms with van der Waals surface area (Å²) in [7, 11) is 0. The van der Waals surface area contributed by atoms with Gasteiger partial charge in [0.1, 0.15) is 5.75 Å². The fourth-order valence-corrected chi connectivity index (χ4v) is 2.31. The van der Waals surface area contributed by atoms with E-state index in [2.05, 4.69) is 15.9 Å². The number of primary amides is 1. The summed E-state index contributed by atoms with van der Waals surface area (Å²) in [6, 6.07) is 13.2. The van der Waals surface area contributed by atoms with Gasteiger partial charge in [-0.15, -0.1) is 0 Å². The molecule has 0 fully saturated rings. The Morgan fingerprint density at radius 2 is 2.00 bits per heavy atom. The first kappa shape index (κ1) is 13.6. The molecule has 0 unspecified atom stereocenters. The molecule has 2 N–H and O–H groups in total. The van der Waals surface area contributed by atoms with Gasteiger partial charge in [0.05, 0.1) is 12.2 Å². The zero-order chi connectivity index (χ0) is 13.8. The number of amides is 1. The molecule has 0 radical (unpaired) electrons. The largest absolute Gasteiger partial charge is 0.493 e. The van der Waals surface area contributed by atoms with E-state index in [9.17, 15) is 4.79 Å². The van der Waals surface area contributed by atoms with E-state index in [4.69, 9.17) is 10.5 Å². The monoisotopic (exact) mass is 319 g/mol. The highest BCUT2D eigenvalue weighted by molar-refractivity contribution is 9.10. The fourth-order valence-electron chi connectivity index (χ4n) is 1.87. The van der Waals surface area contributed by atoms with Crippen LogP contribution in [0.15, 0.2) is 46.9 Å². The van der Waals surface area contributed by atoms with Crippen LogP contribution in [0, 0.1) is 0 Å². The van der Waals surface area contributed by atoms with Crippen molar-refractivity contribution in [3.63, 3.8) is 0 Å². The van der Waals surface area contributed by atoms with E-state index in [1.165, 1.54) is 0 Å². The maximum Gasteiger partial charge on any atom is 0.249 e. The molecule has 0 aliphatic rings. The Morgan fingerprint density at radius 1 is 1.26 bits per heavy atom. The number of ether oxygens (including phenoxy) is 1. The lowest BCUT2D eigenvalue weighted by Gasteiger charge is -2.11. The van der Waals surface area contributed by atoms with E-state index in [1.54, 1.807) is 6.07 Å². The average Bonchev–Trinajstić information content (AvgIpc) is 2.40. The van der Waals surface area contributed by atoms with Gasteiger partial charge < -0.3 is 10.5 Å². The Balaban J connectivity index is 2.53. The molecule has 1 amide bonds. The summed E-state index contributed by atoms with van der Waals surface area (Å²) < 4.78 is 6.29. The molecular weight excluding hydrogens is 306 g/mol. The summed E-state index contributed by atoms with van der Waals surface area (Å²) in [4.78, 5) is 11.4. The standard InChI is InChI=1S/C15H14BrNO2/c1-2-19-14-6-4-3-5-11(14)10-7-8-13(16)12(9-10)15(17)18/h3-9H,2H2,1H3,(H2,17,18). The van der Waals surface area contributed by atoms with Gasteiger partial charge in [-0.2, -0.15) is 0 Å². The molecule has 2 aromatic rings. The molecule has 0 aliphatic carbocycles. The first-order valence-corrected chi connectivity index (χ1v) is 6.74. The van der Waals surface area contributed by atoms with Crippen LogP contribution < -0.4 is 10.5 Å². The molecule has 0 saturated heterocycles. The number of carbonyl (C=O) groups excluding carboxylic acids is 1. The molecular formula is C15H14BrNO2. The lowest BCUT2D eigenvalue weighted by atomic mass is 10.0. The zero-order valence-corrected chi connectivity index (χ0v) is 12.1. The second-order valence-electron chi connectivity index (χ2n) is 3.99. The number of benzene rings is 2. The summed E-state index contributed by atoms with van der Waals surface area (Å²) in [6.45, 7) is 2.53. The molecule has 0 heterocycles. The van der Waals surface area contributed by atoms with Gasteiger partial charge in [-0.1, -0.05) is 24.3 Å².